The van der Waals surface area contributed by atoms with Crippen LogP contribution in [-0.2, 0) is 10.5 Å². The number of allylic oxidation sites excluding steroid dienone is 3. The van der Waals surface area contributed by atoms with Gasteiger partial charge in [0.15, 0.2) is 5.78 Å². The van der Waals surface area contributed by atoms with Gasteiger partial charge in [0, 0.05) is 27.1 Å². The molecule has 0 amide bonds. The first kappa shape index (κ1) is 23.4. The molecule has 1 N–H and O–H groups in total. The van der Waals surface area contributed by atoms with Crippen LogP contribution in [0.5, 0.6) is 0 Å². The van der Waals surface area contributed by atoms with E-state index in [0.29, 0.717) is 26.9 Å². The van der Waals surface area contributed by atoms with Crippen molar-refractivity contribution in [1.29, 1.82) is 5.26 Å². The summed E-state index contributed by atoms with van der Waals surface area (Å²) in [5.74, 6) is 0.0227. The maximum absolute atomic E-state index is 12.4. The number of thioether (sulfide) groups is 1. The van der Waals surface area contributed by atoms with Crippen molar-refractivity contribution in [3.8, 4) is 6.07 Å². The number of hydrogen-bond acceptors (Lipinski definition) is 4. The summed E-state index contributed by atoms with van der Waals surface area (Å²) >= 11 is 14.2. The Labute approximate surface area is 191 Å². The molecule has 0 spiro atoms. The number of carbonyl (C=O) groups excluding carboxylic acids is 1. The number of nitrogens with zero attached hydrogens (tertiary/aromatic N) is 1. The SMILES string of the molecule is CC(=O)C1=C(C)NC(SCc2ccccc2Cl)=C(C#N)C1c1ccccc1Cl.Cl. The van der Waals surface area contributed by atoms with Crippen molar-refractivity contribution < 1.29 is 4.79 Å². The number of carbonyl (C=O) groups is 1. The average molecular weight is 466 g/mol. The molecule has 0 aliphatic carbocycles. The number of rotatable bonds is 5. The van der Waals surface area contributed by atoms with Crippen LogP contribution in [0.3, 0.4) is 0 Å². The van der Waals surface area contributed by atoms with Gasteiger partial charge in [-0.2, -0.15) is 5.26 Å². The molecule has 3 rings (SSSR count). The summed E-state index contributed by atoms with van der Waals surface area (Å²) in [5.41, 5.74) is 3.52. The summed E-state index contributed by atoms with van der Waals surface area (Å²) < 4.78 is 0. The van der Waals surface area contributed by atoms with Gasteiger partial charge in [-0.1, -0.05) is 59.6 Å². The molecule has 2 aromatic carbocycles. The van der Waals surface area contributed by atoms with Crippen LogP contribution in [-0.4, -0.2) is 5.78 Å². The van der Waals surface area contributed by atoms with Crippen LogP contribution in [0.4, 0.5) is 0 Å². The number of halogens is 3. The number of ketones is 1. The molecule has 150 valence electrons. The third-order valence-corrected chi connectivity index (χ3v) is 6.35. The molecule has 7 heteroatoms. The lowest BCUT2D eigenvalue weighted by molar-refractivity contribution is -0.113. The maximum atomic E-state index is 12.4. The van der Waals surface area contributed by atoms with Crippen LogP contribution in [0.15, 0.2) is 70.4 Å². The van der Waals surface area contributed by atoms with Gasteiger partial charge in [0.05, 0.1) is 22.6 Å². The van der Waals surface area contributed by atoms with Crippen molar-refractivity contribution >= 4 is 53.2 Å². The molecule has 0 saturated carbocycles. The zero-order chi connectivity index (χ0) is 20.3. The van der Waals surface area contributed by atoms with Crippen molar-refractivity contribution in [2.45, 2.75) is 25.5 Å². The van der Waals surface area contributed by atoms with E-state index in [1.165, 1.54) is 18.7 Å². The Hall–Kier alpha value is -1.90. The minimum atomic E-state index is -0.494. The van der Waals surface area contributed by atoms with E-state index in [1.807, 2.05) is 49.4 Å². The fraction of sp³-hybridized carbons (Fsp3) is 0.182. The molecule has 0 bridgehead atoms. The van der Waals surface area contributed by atoms with Gasteiger partial charge in [-0.25, -0.2) is 0 Å². The first-order valence-electron chi connectivity index (χ1n) is 8.67. The molecule has 2 aromatic rings. The fourth-order valence-corrected chi connectivity index (χ4v) is 4.90. The van der Waals surface area contributed by atoms with E-state index in [0.717, 1.165) is 21.9 Å². The van der Waals surface area contributed by atoms with Crippen molar-refractivity contribution in [2.24, 2.45) is 0 Å². The Bertz CT molecular complexity index is 1040. The molecule has 0 aromatic heterocycles. The van der Waals surface area contributed by atoms with Gasteiger partial charge >= 0.3 is 0 Å². The molecular formula is C22H19Cl3N2OS. The van der Waals surface area contributed by atoms with Gasteiger partial charge in [0.25, 0.3) is 0 Å². The Kier molecular flexibility index (Phi) is 8.24. The predicted molar refractivity (Wildman–Crippen MR) is 123 cm³/mol. The maximum Gasteiger partial charge on any atom is 0.158 e. The molecule has 1 heterocycles. The van der Waals surface area contributed by atoms with E-state index in [-0.39, 0.29) is 18.2 Å². The van der Waals surface area contributed by atoms with Crippen LogP contribution >= 0.6 is 47.4 Å². The standard InChI is InChI=1S/C22H18Cl2N2OS.ClH/c1-13-20(14(2)27)21(16-8-4-6-10-19(16)24)17(11-25)22(26-13)28-12-15-7-3-5-9-18(15)23;/h3-10,21,26H,12H2,1-2H3;1H. The summed E-state index contributed by atoms with van der Waals surface area (Å²) in [6.45, 7) is 3.37. The van der Waals surface area contributed by atoms with Crippen LogP contribution in [0.1, 0.15) is 30.9 Å². The molecular weight excluding hydrogens is 447 g/mol. The largest absolute Gasteiger partial charge is 0.353 e. The molecule has 1 unspecified atom stereocenters. The number of benzene rings is 2. The van der Waals surface area contributed by atoms with Gasteiger partial charge < -0.3 is 5.32 Å². The Morgan fingerprint density at radius 3 is 2.34 bits per heavy atom. The third kappa shape index (κ3) is 4.99. The molecule has 1 aliphatic heterocycles. The second-order valence-corrected chi connectivity index (χ2v) is 8.21. The molecule has 3 nitrogen and oxygen atoms in total. The van der Waals surface area contributed by atoms with Crippen LogP contribution in [0.25, 0.3) is 0 Å². The van der Waals surface area contributed by atoms with E-state index in [2.05, 4.69) is 11.4 Å². The normalized spacial score (nSPS) is 16.0. The second-order valence-electron chi connectivity index (χ2n) is 6.41. The lowest BCUT2D eigenvalue weighted by atomic mass is 9.81. The average Bonchev–Trinajstić information content (AvgIpc) is 2.67. The first-order chi connectivity index (χ1) is 13.4. The number of nitrogens with one attached hydrogen (secondary N) is 1. The molecule has 0 fully saturated rings. The minimum Gasteiger partial charge on any atom is -0.353 e. The second kappa shape index (κ2) is 10.2. The van der Waals surface area contributed by atoms with Crippen LogP contribution in [0, 0.1) is 11.3 Å². The fourth-order valence-electron chi connectivity index (χ4n) is 3.28. The first-order valence-corrected chi connectivity index (χ1v) is 10.4. The topological polar surface area (TPSA) is 52.9 Å². The summed E-state index contributed by atoms with van der Waals surface area (Å²) in [5, 5.41) is 15.1. The highest BCUT2D eigenvalue weighted by molar-refractivity contribution is 8.02. The molecule has 1 aliphatic rings. The van der Waals surface area contributed by atoms with Crippen molar-refractivity contribution in [2.75, 3.05) is 0 Å². The third-order valence-electron chi connectivity index (χ3n) is 4.57. The smallest absolute Gasteiger partial charge is 0.158 e. The lowest BCUT2D eigenvalue weighted by Gasteiger charge is -2.29. The summed E-state index contributed by atoms with van der Waals surface area (Å²) in [4.78, 5) is 12.4. The quantitative estimate of drug-likeness (QED) is 0.538. The Balaban J connectivity index is 0.00000300. The monoisotopic (exact) mass is 464 g/mol. The molecule has 0 saturated heterocycles. The zero-order valence-corrected chi connectivity index (χ0v) is 19.0. The number of nitriles is 1. The van der Waals surface area contributed by atoms with Gasteiger partial charge in [0.2, 0.25) is 0 Å². The van der Waals surface area contributed by atoms with Gasteiger partial charge in [-0.05, 0) is 37.1 Å². The Morgan fingerprint density at radius 2 is 1.76 bits per heavy atom. The van der Waals surface area contributed by atoms with E-state index < -0.39 is 5.92 Å². The van der Waals surface area contributed by atoms with E-state index in [4.69, 9.17) is 23.2 Å². The minimum absolute atomic E-state index is 0. The van der Waals surface area contributed by atoms with Gasteiger partial charge in [-0.3, -0.25) is 4.79 Å². The number of hydrogen-bond donors (Lipinski definition) is 1. The summed E-state index contributed by atoms with van der Waals surface area (Å²) in [6, 6.07) is 17.3. The lowest BCUT2D eigenvalue weighted by Crippen LogP contribution is -2.27. The number of Topliss-reactive ketones (excluding diaryl/α,β-unsaturated/α-hetero) is 1. The summed E-state index contributed by atoms with van der Waals surface area (Å²) in [7, 11) is 0. The van der Waals surface area contributed by atoms with Crippen LogP contribution in [0.2, 0.25) is 10.0 Å². The molecule has 0 radical (unpaired) electrons. The summed E-state index contributed by atoms with van der Waals surface area (Å²) in [6.07, 6.45) is 0. The highest BCUT2D eigenvalue weighted by Gasteiger charge is 2.34. The van der Waals surface area contributed by atoms with Gasteiger partial charge in [0.1, 0.15) is 0 Å². The van der Waals surface area contributed by atoms with E-state index >= 15 is 0 Å². The number of dihydropyridines is 1. The molecule has 1 atom stereocenters. The van der Waals surface area contributed by atoms with Gasteiger partial charge in [-0.15, -0.1) is 24.2 Å². The van der Waals surface area contributed by atoms with Crippen LogP contribution < -0.4 is 5.32 Å². The highest BCUT2D eigenvalue weighted by atomic mass is 35.5. The predicted octanol–water partition coefficient (Wildman–Crippen LogP) is 6.63. The highest BCUT2D eigenvalue weighted by Crippen LogP contribution is 2.43. The molecule has 29 heavy (non-hydrogen) atoms. The van der Waals surface area contributed by atoms with E-state index in [1.54, 1.807) is 6.07 Å². The zero-order valence-electron chi connectivity index (χ0n) is 15.8. The van der Waals surface area contributed by atoms with Crippen molar-refractivity contribution in [3.63, 3.8) is 0 Å². The van der Waals surface area contributed by atoms with E-state index in [9.17, 15) is 10.1 Å². The Morgan fingerprint density at radius 1 is 1.14 bits per heavy atom. The van der Waals surface area contributed by atoms with Crippen molar-refractivity contribution in [3.05, 3.63) is 91.6 Å². The van der Waals surface area contributed by atoms with Crippen molar-refractivity contribution in [1.82, 2.24) is 5.32 Å².